The van der Waals surface area contributed by atoms with Gasteiger partial charge in [-0.05, 0) is 35.2 Å². The summed E-state index contributed by atoms with van der Waals surface area (Å²) >= 11 is 0. The first-order valence-corrected chi connectivity index (χ1v) is 8.89. The molecule has 0 unspecified atom stereocenters. The van der Waals surface area contributed by atoms with Crippen molar-refractivity contribution in [2.75, 3.05) is 27.3 Å². The van der Waals surface area contributed by atoms with Crippen LogP contribution in [0.5, 0.6) is 11.5 Å². The predicted octanol–water partition coefficient (Wildman–Crippen LogP) is 2.94. The van der Waals surface area contributed by atoms with Crippen LogP contribution < -0.4 is 14.8 Å². The van der Waals surface area contributed by atoms with E-state index in [2.05, 4.69) is 46.6 Å². The van der Waals surface area contributed by atoms with Gasteiger partial charge in [-0.15, -0.1) is 0 Å². The van der Waals surface area contributed by atoms with Crippen LogP contribution in [0, 0.1) is 0 Å². The number of methoxy groups -OCH3 is 2. The zero-order valence-corrected chi connectivity index (χ0v) is 15.6. The van der Waals surface area contributed by atoms with Crippen LogP contribution in [0.2, 0.25) is 0 Å². The molecular weight excluding hydrogens is 328 g/mol. The molecule has 1 N–H and O–H groups in total. The quantitative estimate of drug-likeness (QED) is 0.867. The van der Waals surface area contributed by atoms with E-state index in [1.807, 2.05) is 6.07 Å². The summed E-state index contributed by atoms with van der Waals surface area (Å²) in [5, 5.41) is 2.99. The summed E-state index contributed by atoms with van der Waals surface area (Å²) in [7, 11) is 3.31. The van der Waals surface area contributed by atoms with Gasteiger partial charge in [-0.25, -0.2) is 0 Å². The van der Waals surface area contributed by atoms with E-state index in [4.69, 9.17) is 9.47 Å². The van der Waals surface area contributed by atoms with E-state index < -0.39 is 0 Å². The van der Waals surface area contributed by atoms with Crippen molar-refractivity contribution in [1.82, 2.24) is 10.2 Å². The monoisotopic (exact) mass is 354 g/mol. The zero-order chi connectivity index (χ0) is 18.5. The summed E-state index contributed by atoms with van der Waals surface area (Å²) in [6, 6.07) is 14.6. The highest BCUT2D eigenvalue weighted by Crippen LogP contribution is 2.38. The minimum atomic E-state index is -0.0164. The lowest BCUT2D eigenvalue weighted by atomic mass is 9.91. The molecule has 1 aliphatic rings. The summed E-state index contributed by atoms with van der Waals surface area (Å²) in [5.41, 5.74) is 3.71. The summed E-state index contributed by atoms with van der Waals surface area (Å²) in [6.07, 6.45) is 0.944. The standard InChI is InChI=1S/C21H26N2O3/c1-15(24)22-13-19-18-12-21(26-3)20(25-2)11-17(18)9-10-23(19)14-16-7-5-4-6-8-16/h4-8,11-12,19H,9-10,13-14H2,1-3H3,(H,22,24)/t19-/m1/s1. The molecular formula is C21H26N2O3. The predicted molar refractivity (Wildman–Crippen MR) is 102 cm³/mol. The second-order valence-corrected chi connectivity index (χ2v) is 6.56. The average Bonchev–Trinajstić information content (AvgIpc) is 2.66. The van der Waals surface area contributed by atoms with Crippen LogP contribution >= 0.6 is 0 Å². The summed E-state index contributed by atoms with van der Waals surface area (Å²) in [6.45, 7) is 3.91. The van der Waals surface area contributed by atoms with Crippen molar-refractivity contribution in [2.45, 2.75) is 25.9 Å². The fraction of sp³-hybridized carbons (Fsp3) is 0.381. The number of hydrogen-bond donors (Lipinski definition) is 1. The van der Waals surface area contributed by atoms with Crippen molar-refractivity contribution in [3.05, 3.63) is 59.2 Å². The van der Waals surface area contributed by atoms with Gasteiger partial charge >= 0.3 is 0 Å². The molecule has 0 bridgehead atoms. The lowest BCUT2D eigenvalue weighted by Gasteiger charge is -2.38. The van der Waals surface area contributed by atoms with Crippen LogP contribution in [0.4, 0.5) is 0 Å². The maximum Gasteiger partial charge on any atom is 0.216 e. The minimum absolute atomic E-state index is 0.0164. The molecule has 5 heteroatoms. The molecule has 1 atom stereocenters. The van der Waals surface area contributed by atoms with E-state index in [1.54, 1.807) is 21.1 Å². The number of fused-ring (bicyclic) bond motifs is 1. The number of nitrogens with zero attached hydrogens (tertiary/aromatic N) is 1. The molecule has 0 aliphatic carbocycles. The van der Waals surface area contributed by atoms with Crippen molar-refractivity contribution >= 4 is 5.91 Å². The number of hydrogen-bond acceptors (Lipinski definition) is 4. The Bertz CT molecular complexity index is 761. The molecule has 3 rings (SSSR count). The molecule has 0 aromatic heterocycles. The van der Waals surface area contributed by atoms with Crippen LogP contribution in [0.3, 0.4) is 0 Å². The first kappa shape index (κ1) is 18.3. The molecule has 0 fully saturated rings. The lowest BCUT2D eigenvalue weighted by Crippen LogP contribution is -2.41. The molecule has 5 nitrogen and oxygen atoms in total. The van der Waals surface area contributed by atoms with Crippen molar-refractivity contribution in [3.63, 3.8) is 0 Å². The van der Waals surface area contributed by atoms with Crippen molar-refractivity contribution in [1.29, 1.82) is 0 Å². The number of nitrogens with one attached hydrogen (secondary N) is 1. The first-order valence-electron chi connectivity index (χ1n) is 8.89. The van der Waals surface area contributed by atoms with Gasteiger partial charge < -0.3 is 14.8 Å². The van der Waals surface area contributed by atoms with Gasteiger partial charge in [-0.2, -0.15) is 0 Å². The van der Waals surface area contributed by atoms with Crippen molar-refractivity contribution in [3.8, 4) is 11.5 Å². The molecule has 0 saturated heterocycles. The van der Waals surface area contributed by atoms with Gasteiger partial charge in [0.05, 0.1) is 20.3 Å². The Morgan fingerprint density at radius 2 is 1.85 bits per heavy atom. The normalized spacial score (nSPS) is 16.7. The Morgan fingerprint density at radius 1 is 1.15 bits per heavy atom. The topological polar surface area (TPSA) is 50.8 Å². The van der Waals surface area contributed by atoms with Gasteiger partial charge in [0.1, 0.15) is 0 Å². The number of carbonyl (C=O) groups excluding carboxylic acids is 1. The number of carbonyl (C=O) groups is 1. The highest BCUT2D eigenvalue weighted by molar-refractivity contribution is 5.72. The van der Waals surface area contributed by atoms with Gasteiger partial charge in [-0.1, -0.05) is 30.3 Å². The smallest absolute Gasteiger partial charge is 0.216 e. The molecule has 1 heterocycles. The van der Waals surface area contributed by atoms with E-state index in [9.17, 15) is 4.79 Å². The summed E-state index contributed by atoms with van der Waals surface area (Å²) in [4.78, 5) is 13.9. The van der Waals surface area contributed by atoms with E-state index in [1.165, 1.54) is 16.7 Å². The SMILES string of the molecule is COc1cc2c(cc1OC)[C@@H](CNC(C)=O)N(Cc1ccccc1)CC2. The molecule has 0 saturated carbocycles. The number of rotatable bonds is 6. The zero-order valence-electron chi connectivity index (χ0n) is 15.6. The van der Waals surface area contributed by atoms with E-state index >= 15 is 0 Å². The molecule has 1 amide bonds. The van der Waals surface area contributed by atoms with Crippen LogP contribution in [0.1, 0.15) is 29.7 Å². The van der Waals surface area contributed by atoms with Gasteiger partial charge in [0, 0.05) is 26.6 Å². The summed E-state index contributed by atoms with van der Waals surface area (Å²) < 4.78 is 10.9. The number of ether oxygens (including phenoxy) is 2. The third kappa shape index (κ3) is 3.99. The van der Waals surface area contributed by atoms with Crippen molar-refractivity contribution < 1.29 is 14.3 Å². The molecule has 2 aromatic rings. The Balaban J connectivity index is 1.93. The van der Waals surface area contributed by atoms with Gasteiger partial charge in [0.2, 0.25) is 5.91 Å². The maximum atomic E-state index is 11.5. The van der Waals surface area contributed by atoms with Crippen LogP contribution in [-0.4, -0.2) is 38.1 Å². The Labute approximate surface area is 154 Å². The highest BCUT2D eigenvalue weighted by atomic mass is 16.5. The van der Waals surface area contributed by atoms with Crippen molar-refractivity contribution in [2.24, 2.45) is 0 Å². The molecule has 1 aliphatic heterocycles. The number of benzene rings is 2. The highest BCUT2D eigenvalue weighted by Gasteiger charge is 2.29. The number of amides is 1. The summed E-state index contributed by atoms with van der Waals surface area (Å²) in [5.74, 6) is 1.46. The minimum Gasteiger partial charge on any atom is -0.493 e. The third-order valence-corrected chi connectivity index (χ3v) is 4.89. The van der Waals surface area contributed by atoms with E-state index in [-0.39, 0.29) is 11.9 Å². The van der Waals surface area contributed by atoms with Gasteiger partial charge in [0.25, 0.3) is 0 Å². The largest absolute Gasteiger partial charge is 0.493 e. The van der Waals surface area contributed by atoms with Gasteiger partial charge in [-0.3, -0.25) is 9.69 Å². The molecule has 2 aromatic carbocycles. The Morgan fingerprint density at radius 3 is 2.50 bits per heavy atom. The van der Waals surface area contributed by atoms with Crippen LogP contribution in [0.15, 0.2) is 42.5 Å². The average molecular weight is 354 g/mol. The Hall–Kier alpha value is -2.53. The maximum absolute atomic E-state index is 11.5. The van der Waals surface area contributed by atoms with E-state index in [0.29, 0.717) is 6.54 Å². The first-order chi connectivity index (χ1) is 12.6. The second-order valence-electron chi connectivity index (χ2n) is 6.56. The molecule has 0 radical (unpaired) electrons. The van der Waals surface area contributed by atoms with Gasteiger partial charge in [0.15, 0.2) is 11.5 Å². The molecule has 26 heavy (non-hydrogen) atoms. The Kier molecular flexibility index (Phi) is 5.78. The molecule has 138 valence electrons. The molecule has 0 spiro atoms. The second kappa shape index (κ2) is 8.23. The lowest BCUT2D eigenvalue weighted by molar-refractivity contribution is -0.119. The third-order valence-electron chi connectivity index (χ3n) is 4.89. The fourth-order valence-electron chi connectivity index (χ4n) is 3.57. The van der Waals surface area contributed by atoms with E-state index in [0.717, 1.165) is 31.0 Å². The van der Waals surface area contributed by atoms with Crippen LogP contribution in [-0.2, 0) is 17.8 Å². The van der Waals surface area contributed by atoms with Crippen LogP contribution in [0.25, 0.3) is 0 Å². The fourth-order valence-corrected chi connectivity index (χ4v) is 3.57.